The molecule has 33 heavy (non-hydrogen) atoms. The van der Waals surface area contributed by atoms with Crippen LogP contribution < -0.4 is 16.4 Å². The average molecular weight is 477 g/mol. The minimum atomic E-state index is -2.27. The molecular weight excluding hydrogens is 452 g/mol. The van der Waals surface area contributed by atoms with Crippen LogP contribution in [0, 0.1) is 0 Å². The van der Waals surface area contributed by atoms with Crippen molar-refractivity contribution in [3.8, 4) is 23.0 Å². The molecule has 0 fully saturated rings. The van der Waals surface area contributed by atoms with Crippen molar-refractivity contribution in [1.82, 2.24) is 10.3 Å². The molecule has 1 heterocycles. The molecule has 0 aliphatic carbocycles. The zero-order valence-electron chi connectivity index (χ0n) is 17.3. The van der Waals surface area contributed by atoms with Crippen LogP contribution in [-0.4, -0.2) is 54.0 Å². The molecule has 0 atom stereocenters. The molecule has 12 heteroatoms. The Morgan fingerprint density at radius 2 is 1.67 bits per heavy atom. The Morgan fingerprint density at radius 3 is 2.24 bits per heavy atom. The van der Waals surface area contributed by atoms with Crippen LogP contribution in [0.2, 0.25) is 0 Å². The lowest BCUT2D eigenvalue weighted by Gasteiger charge is -2.23. The predicted octanol–water partition coefficient (Wildman–Crippen LogP) is 0.742. The molecule has 0 aliphatic rings. The second-order valence-electron chi connectivity index (χ2n) is 7.31. The normalized spacial score (nSPS) is 11.5. The van der Waals surface area contributed by atoms with Gasteiger partial charge in [-0.15, -0.1) is 11.3 Å². The number of hydrogen-bond donors (Lipinski definition) is 9. The lowest BCUT2D eigenvalue weighted by molar-refractivity contribution is -0.183. The number of hydrogen-bond acceptors (Lipinski definition) is 11. The van der Waals surface area contributed by atoms with Gasteiger partial charge in [-0.2, -0.15) is 0 Å². The van der Waals surface area contributed by atoms with Gasteiger partial charge in [0, 0.05) is 23.9 Å². The van der Waals surface area contributed by atoms with Crippen molar-refractivity contribution in [3.05, 3.63) is 52.5 Å². The van der Waals surface area contributed by atoms with E-state index >= 15 is 0 Å². The fourth-order valence-corrected chi connectivity index (χ4v) is 3.75. The number of phenols is 4. The summed E-state index contributed by atoms with van der Waals surface area (Å²) in [5, 5.41) is 67.9. The van der Waals surface area contributed by atoms with Crippen molar-refractivity contribution in [1.29, 1.82) is 0 Å². The van der Waals surface area contributed by atoms with Gasteiger partial charge in [0.1, 0.15) is 5.69 Å². The van der Waals surface area contributed by atoms with E-state index in [0.29, 0.717) is 11.3 Å². The number of phenolic OH excluding ortho intramolecular Hbond substituents is 4. The third-order valence-corrected chi connectivity index (χ3v) is 5.47. The lowest BCUT2D eigenvalue weighted by atomic mass is 10.1. The van der Waals surface area contributed by atoms with Crippen molar-refractivity contribution < 1.29 is 35.4 Å². The van der Waals surface area contributed by atoms with Crippen LogP contribution in [0.4, 0.5) is 10.8 Å². The van der Waals surface area contributed by atoms with Gasteiger partial charge in [0.25, 0.3) is 0 Å². The first-order chi connectivity index (χ1) is 15.6. The van der Waals surface area contributed by atoms with Crippen LogP contribution in [0.3, 0.4) is 0 Å². The number of aromatic hydroxyl groups is 4. The Morgan fingerprint density at radius 1 is 1.03 bits per heavy atom. The number of thiazole rings is 1. The summed E-state index contributed by atoms with van der Waals surface area (Å²) in [6.45, 7) is -0.142. The smallest absolute Gasteiger partial charge is 0.230 e. The van der Waals surface area contributed by atoms with E-state index in [1.54, 1.807) is 35.7 Å². The molecule has 0 saturated carbocycles. The molecule has 11 nitrogen and oxygen atoms in total. The van der Waals surface area contributed by atoms with Gasteiger partial charge in [-0.3, -0.25) is 10.1 Å². The predicted molar refractivity (Wildman–Crippen MR) is 121 cm³/mol. The van der Waals surface area contributed by atoms with Crippen LogP contribution >= 0.6 is 11.3 Å². The van der Waals surface area contributed by atoms with Gasteiger partial charge >= 0.3 is 0 Å². The molecule has 0 unspecified atom stereocenters. The van der Waals surface area contributed by atoms with Gasteiger partial charge in [0.15, 0.2) is 28.1 Å². The van der Waals surface area contributed by atoms with Crippen molar-refractivity contribution in [2.45, 2.75) is 25.2 Å². The largest absolute Gasteiger partial charge is 0.504 e. The molecule has 10 N–H and O–H groups in total. The van der Waals surface area contributed by atoms with Gasteiger partial charge in [-0.1, -0.05) is 30.3 Å². The third-order valence-electron chi connectivity index (χ3n) is 4.75. The number of rotatable bonds is 9. The molecular formula is C21H24N4O7S. The fourth-order valence-electron chi connectivity index (χ4n) is 3.18. The number of amides is 1. The Balaban J connectivity index is 1.67. The SMILES string of the molecule is Nc1nc(CC(=O)Nc2c(O)c(O)c(CCNC(O)(O)Cc3ccccc3)c(O)c2O)cs1. The number of benzene rings is 2. The van der Waals surface area contributed by atoms with Crippen LogP contribution in [0.1, 0.15) is 16.8 Å². The minimum Gasteiger partial charge on any atom is -0.504 e. The summed E-state index contributed by atoms with van der Waals surface area (Å²) in [6, 6.07) is 8.72. The summed E-state index contributed by atoms with van der Waals surface area (Å²) in [5.74, 6) is -6.20. The molecule has 0 saturated heterocycles. The van der Waals surface area contributed by atoms with Crippen molar-refractivity contribution >= 4 is 28.1 Å². The molecule has 1 amide bonds. The maximum atomic E-state index is 12.2. The highest BCUT2D eigenvalue weighted by molar-refractivity contribution is 7.13. The van der Waals surface area contributed by atoms with E-state index in [1.165, 1.54) is 0 Å². The van der Waals surface area contributed by atoms with Crippen LogP contribution in [-0.2, 0) is 24.1 Å². The molecule has 3 aromatic rings. The Labute approximate surface area is 192 Å². The summed E-state index contributed by atoms with van der Waals surface area (Å²) in [6.07, 6.45) is -0.531. The molecule has 0 spiro atoms. The Bertz CT molecular complexity index is 1110. The quantitative estimate of drug-likeness (QED) is 0.120. The van der Waals surface area contributed by atoms with E-state index in [-0.39, 0.29) is 36.5 Å². The van der Waals surface area contributed by atoms with E-state index < -0.39 is 40.5 Å². The van der Waals surface area contributed by atoms with Gasteiger partial charge in [-0.25, -0.2) is 4.98 Å². The van der Waals surface area contributed by atoms with Crippen LogP contribution in [0.15, 0.2) is 35.7 Å². The average Bonchev–Trinajstić information content (AvgIpc) is 3.17. The number of carbonyl (C=O) groups is 1. The number of nitrogen functional groups attached to an aromatic ring is 1. The van der Waals surface area contributed by atoms with Crippen molar-refractivity contribution in [2.75, 3.05) is 17.6 Å². The number of aromatic nitrogens is 1. The van der Waals surface area contributed by atoms with E-state index in [1.807, 2.05) is 0 Å². The number of nitrogens with zero attached hydrogens (tertiary/aromatic N) is 1. The highest BCUT2D eigenvalue weighted by Gasteiger charge is 2.27. The summed E-state index contributed by atoms with van der Waals surface area (Å²) in [5.41, 5.74) is 5.72. The zero-order chi connectivity index (χ0) is 24.2. The standard InChI is InChI=1S/C21H24N4O7S/c22-20-24-12(10-33-20)8-14(26)25-15-18(29)16(27)13(17(28)19(15)30)6-7-23-21(31,32)9-11-4-2-1-3-5-11/h1-5,10,23,27-32H,6-9H2,(H2,22,24)(H,25,26). The number of anilines is 2. The highest BCUT2D eigenvalue weighted by Crippen LogP contribution is 2.50. The van der Waals surface area contributed by atoms with Crippen molar-refractivity contribution in [3.63, 3.8) is 0 Å². The Kier molecular flexibility index (Phi) is 7.23. The van der Waals surface area contributed by atoms with Gasteiger partial charge < -0.3 is 41.7 Å². The summed E-state index contributed by atoms with van der Waals surface area (Å²) >= 11 is 1.14. The number of carbonyl (C=O) groups excluding carboxylic acids is 1. The Hall–Kier alpha value is -3.58. The summed E-state index contributed by atoms with van der Waals surface area (Å²) in [4.78, 5) is 16.1. The summed E-state index contributed by atoms with van der Waals surface area (Å²) < 4.78 is 0. The van der Waals surface area contributed by atoms with Crippen LogP contribution in [0.25, 0.3) is 0 Å². The maximum Gasteiger partial charge on any atom is 0.230 e. The van der Waals surface area contributed by atoms with Gasteiger partial charge in [-0.05, 0) is 12.0 Å². The van der Waals surface area contributed by atoms with E-state index in [4.69, 9.17) is 5.73 Å². The second-order valence-corrected chi connectivity index (χ2v) is 8.20. The minimum absolute atomic E-state index is 0.127. The second kappa shape index (κ2) is 9.92. The first-order valence-corrected chi connectivity index (χ1v) is 10.7. The molecule has 2 aromatic carbocycles. The van der Waals surface area contributed by atoms with E-state index in [2.05, 4.69) is 15.6 Å². The molecule has 1 aromatic heterocycles. The molecule has 0 aliphatic heterocycles. The first kappa shape index (κ1) is 24.1. The van der Waals surface area contributed by atoms with Gasteiger partial charge in [0.05, 0.1) is 12.1 Å². The lowest BCUT2D eigenvalue weighted by Crippen LogP contribution is -2.47. The van der Waals surface area contributed by atoms with Crippen molar-refractivity contribution in [2.24, 2.45) is 0 Å². The topological polar surface area (TPSA) is 201 Å². The molecule has 3 rings (SSSR count). The highest BCUT2D eigenvalue weighted by atomic mass is 32.1. The van der Waals surface area contributed by atoms with E-state index in [9.17, 15) is 35.4 Å². The molecule has 0 bridgehead atoms. The van der Waals surface area contributed by atoms with Crippen LogP contribution in [0.5, 0.6) is 23.0 Å². The monoisotopic (exact) mass is 476 g/mol. The number of nitrogens with one attached hydrogen (secondary N) is 2. The number of aliphatic hydroxyl groups is 2. The fraction of sp³-hybridized carbons (Fsp3) is 0.238. The summed E-state index contributed by atoms with van der Waals surface area (Å²) in [7, 11) is 0. The zero-order valence-corrected chi connectivity index (χ0v) is 18.1. The first-order valence-electron chi connectivity index (χ1n) is 9.79. The van der Waals surface area contributed by atoms with E-state index in [0.717, 1.165) is 11.3 Å². The number of nitrogens with two attached hydrogens (primary N) is 1. The molecule has 176 valence electrons. The maximum absolute atomic E-state index is 12.2. The molecule has 0 radical (unpaired) electrons. The van der Waals surface area contributed by atoms with Gasteiger partial charge in [0.2, 0.25) is 11.8 Å². The third kappa shape index (κ3) is 6.02.